The summed E-state index contributed by atoms with van der Waals surface area (Å²) in [5.74, 6) is 1.97. The first-order valence-corrected chi connectivity index (χ1v) is 9.07. The number of nitrogens with zero attached hydrogens (tertiary/aromatic N) is 2. The minimum atomic E-state index is -4.17. The van der Waals surface area contributed by atoms with E-state index in [-0.39, 0.29) is 0 Å². The second-order valence-electron chi connectivity index (χ2n) is 6.30. The summed E-state index contributed by atoms with van der Waals surface area (Å²) in [6.07, 6.45) is -2.81. The van der Waals surface area contributed by atoms with E-state index in [1.165, 1.54) is 11.9 Å². The third-order valence-corrected chi connectivity index (χ3v) is 3.77. The van der Waals surface area contributed by atoms with Gasteiger partial charge < -0.3 is 20.1 Å². The molecular formula is C18H27F3N4O2. The number of fused-ring (bicyclic) bond motifs is 1. The average molecular weight is 388 g/mol. The van der Waals surface area contributed by atoms with Gasteiger partial charge in [-0.25, -0.2) is 0 Å². The predicted octanol–water partition coefficient (Wildman–Crippen LogP) is 3.11. The third kappa shape index (κ3) is 7.94. The number of hydrogen-bond acceptors (Lipinski definition) is 4. The molecule has 1 heterocycles. The van der Waals surface area contributed by atoms with Crippen LogP contribution in [0.5, 0.6) is 11.5 Å². The largest absolute Gasteiger partial charge is 0.490 e. The quantitative estimate of drug-likeness (QED) is 0.427. The van der Waals surface area contributed by atoms with Gasteiger partial charge in [0.25, 0.3) is 0 Å². The predicted molar refractivity (Wildman–Crippen MR) is 99.8 cm³/mol. The van der Waals surface area contributed by atoms with Gasteiger partial charge in [-0.2, -0.15) is 13.2 Å². The molecule has 0 fully saturated rings. The van der Waals surface area contributed by atoms with E-state index in [9.17, 15) is 13.2 Å². The maximum atomic E-state index is 12.3. The molecule has 1 aliphatic rings. The van der Waals surface area contributed by atoms with E-state index >= 15 is 0 Å². The highest BCUT2D eigenvalue weighted by Gasteiger charge is 2.28. The molecule has 0 bridgehead atoms. The topological polar surface area (TPSA) is 58.1 Å². The SMILES string of the molecule is CCNC(=NCCCN(C)CC(F)(F)F)Nc1ccc2c(c1)OCCCO2. The van der Waals surface area contributed by atoms with Crippen LogP contribution in [0.3, 0.4) is 0 Å². The highest BCUT2D eigenvalue weighted by molar-refractivity contribution is 5.93. The zero-order chi connectivity index (χ0) is 19.7. The van der Waals surface area contributed by atoms with E-state index in [0.717, 1.165) is 12.1 Å². The fourth-order valence-corrected chi connectivity index (χ4v) is 2.60. The Bertz CT molecular complexity index is 623. The standard InChI is InChI=1S/C18H27F3N4O2/c1-3-22-17(23-8-4-9-25(2)13-18(19,20)21)24-14-6-7-15-16(12-14)27-11-5-10-26-15/h6-7,12H,3-5,8-11,13H2,1-2H3,(H2,22,23,24). The fraction of sp³-hybridized carbons (Fsp3) is 0.611. The molecular weight excluding hydrogens is 361 g/mol. The minimum absolute atomic E-state index is 0.326. The lowest BCUT2D eigenvalue weighted by atomic mass is 10.3. The number of nitrogens with one attached hydrogen (secondary N) is 2. The van der Waals surface area contributed by atoms with Crippen LogP contribution in [0.25, 0.3) is 0 Å². The number of rotatable bonds is 7. The molecule has 0 radical (unpaired) electrons. The van der Waals surface area contributed by atoms with E-state index in [0.29, 0.717) is 56.7 Å². The van der Waals surface area contributed by atoms with Crippen molar-refractivity contribution < 1.29 is 22.6 Å². The maximum Gasteiger partial charge on any atom is 0.401 e. The lowest BCUT2D eigenvalue weighted by molar-refractivity contribution is -0.143. The summed E-state index contributed by atoms with van der Waals surface area (Å²) in [5, 5.41) is 6.31. The molecule has 0 unspecified atom stereocenters. The normalized spacial score (nSPS) is 14.8. The fourth-order valence-electron chi connectivity index (χ4n) is 2.60. The number of hydrogen-bond donors (Lipinski definition) is 2. The van der Waals surface area contributed by atoms with Crippen LogP contribution in [0.4, 0.5) is 18.9 Å². The van der Waals surface area contributed by atoms with Crippen LogP contribution >= 0.6 is 0 Å². The summed E-state index contributed by atoms with van der Waals surface area (Å²) in [4.78, 5) is 5.67. The monoisotopic (exact) mass is 388 g/mol. The lowest BCUT2D eigenvalue weighted by Gasteiger charge is -2.18. The highest BCUT2D eigenvalue weighted by Crippen LogP contribution is 2.32. The molecule has 0 saturated heterocycles. The van der Waals surface area contributed by atoms with E-state index in [4.69, 9.17) is 9.47 Å². The van der Waals surface area contributed by atoms with Crippen LogP contribution in [0.15, 0.2) is 23.2 Å². The molecule has 0 atom stereocenters. The lowest BCUT2D eigenvalue weighted by Crippen LogP contribution is -2.33. The van der Waals surface area contributed by atoms with Crippen molar-refractivity contribution in [2.75, 3.05) is 51.8 Å². The summed E-state index contributed by atoms with van der Waals surface area (Å²) in [7, 11) is 1.46. The molecule has 2 N–H and O–H groups in total. The van der Waals surface area contributed by atoms with Crippen molar-refractivity contribution in [3.63, 3.8) is 0 Å². The highest BCUT2D eigenvalue weighted by atomic mass is 19.4. The van der Waals surface area contributed by atoms with Crippen LogP contribution in [0, 0.1) is 0 Å². The van der Waals surface area contributed by atoms with E-state index in [1.54, 1.807) is 0 Å². The Kier molecular flexibility index (Phi) is 8.02. The number of ether oxygens (including phenoxy) is 2. The van der Waals surface area contributed by atoms with Gasteiger partial charge in [-0.05, 0) is 39.1 Å². The molecule has 2 rings (SSSR count). The van der Waals surface area contributed by atoms with Gasteiger partial charge in [0.2, 0.25) is 0 Å². The minimum Gasteiger partial charge on any atom is -0.490 e. The average Bonchev–Trinajstić information content (AvgIpc) is 2.82. The molecule has 152 valence electrons. The van der Waals surface area contributed by atoms with Gasteiger partial charge in [-0.1, -0.05) is 0 Å². The van der Waals surface area contributed by atoms with Crippen molar-refractivity contribution in [2.24, 2.45) is 4.99 Å². The van der Waals surface area contributed by atoms with Crippen molar-refractivity contribution in [3.05, 3.63) is 18.2 Å². The Morgan fingerprint density at radius 1 is 1.22 bits per heavy atom. The molecule has 1 aromatic rings. The molecule has 1 aliphatic heterocycles. The molecule has 0 saturated carbocycles. The molecule has 27 heavy (non-hydrogen) atoms. The van der Waals surface area contributed by atoms with Crippen LogP contribution in [-0.4, -0.2) is 63.5 Å². The van der Waals surface area contributed by atoms with Crippen molar-refractivity contribution in [1.29, 1.82) is 0 Å². The van der Waals surface area contributed by atoms with E-state index in [1.807, 2.05) is 25.1 Å². The summed E-state index contributed by atoms with van der Waals surface area (Å²) in [5.41, 5.74) is 0.799. The van der Waals surface area contributed by atoms with Gasteiger partial charge in [0, 0.05) is 31.3 Å². The van der Waals surface area contributed by atoms with Gasteiger partial charge >= 0.3 is 6.18 Å². The molecule has 0 aliphatic carbocycles. The van der Waals surface area contributed by atoms with Crippen LogP contribution in [-0.2, 0) is 0 Å². The molecule has 9 heteroatoms. The van der Waals surface area contributed by atoms with Crippen LogP contribution in [0.1, 0.15) is 19.8 Å². The Labute approximate surface area is 157 Å². The van der Waals surface area contributed by atoms with Crippen molar-refractivity contribution in [3.8, 4) is 11.5 Å². The summed E-state index contributed by atoms with van der Waals surface area (Å²) in [6, 6.07) is 5.57. The number of anilines is 1. The van der Waals surface area contributed by atoms with Crippen LogP contribution in [0.2, 0.25) is 0 Å². The molecule has 6 nitrogen and oxygen atoms in total. The Balaban J connectivity index is 1.89. The summed E-state index contributed by atoms with van der Waals surface area (Å²) < 4.78 is 48.3. The number of halogens is 3. The zero-order valence-electron chi connectivity index (χ0n) is 15.7. The first-order chi connectivity index (χ1) is 12.9. The summed E-state index contributed by atoms with van der Waals surface area (Å²) >= 11 is 0. The first kappa shape index (κ1) is 21.1. The van der Waals surface area contributed by atoms with Crippen LogP contribution < -0.4 is 20.1 Å². The molecule has 0 spiro atoms. The Morgan fingerprint density at radius 3 is 2.67 bits per heavy atom. The van der Waals surface area contributed by atoms with Gasteiger partial charge in [-0.15, -0.1) is 0 Å². The van der Waals surface area contributed by atoms with E-state index in [2.05, 4.69) is 15.6 Å². The smallest absolute Gasteiger partial charge is 0.401 e. The number of aliphatic imine (C=N–C) groups is 1. The number of alkyl halides is 3. The maximum absolute atomic E-state index is 12.3. The van der Waals surface area contributed by atoms with Crippen molar-refractivity contribution >= 4 is 11.6 Å². The van der Waals surface area contributed by atoms with E-state index < -0.39 is 12.7 Å². The second kappa shape index (κ2) is 10.2. The van der Waals surface area contributed by atoms with Crippen molar-refractivity contribution in [2.45, 2.75) is 25.9 Å². The third-order valence-electron chi connectivity index (χ3n) is 3.77. The van der Waals surface area contributed by atoms with Gasteiger partial charge in [0.15, 0.2) is 17.5 Å². The first-order valence-electron chi connectivity index (χ1n) is 9.07. The van der Waals surface area contributed by atoms with Crippen molar-refractivity contribution in [1.82, 2.24) is 10.2 Å². The summed E-state index contributed by atoms with van der Waals surface area (Å²) in [6.45, 7) is 3.69. The molecule has 0 amide bonds. The number of benzene rings is 1. The van der Waals surface area contributed by atoms with Gasteiger partial charge in [0.05, 0.1) is 19.8 Å². The Hall–Kier alpha value is -2.16. The zero-order valence-corrected chi connectivity index (χ0v) is 15.7. The van der Waals surface area contributed by atoms with Gasteiger partial charge in [0.1, 0.15) is 0 Å². The number of guanidine groups is 1. The molecule has 0 aromatic heterocycles. The molecule has 1 aromatic carbocycles. The van der Waals surface area contributed by atoms with Gasteiger partial charge in [-0.3, -0.25) is 9.89 Å². The Morgan fingerprint density at radius 2 is 1.96 bits per heavy atom. The second-order valence-corrected chi connectivity index (χ2v) is 6.30.